The highest BCUT2D eigenvalue weighted by molar-refractivity contribution is 5.92. The minimum atomic E-state index is -0.470. The number of aromatic amines is 1. The molecule has 0 saturated heterocycles. The van der Waals surface area contributed by atoms with Crippen LogP contribution in [0.3, 0.4) is 0 Å². The highest BCUT2D eigenvalue weighted by atomic mass is 16.6. The third-order valence-electron chi connectivity index (χ3n) is 5.58. The number of H-pyrrole nitrogens is 1. The van der Waals surface area contributed by atoms with Crippen LogP contribution in [0, 0.1) is 17.0 Å². The van der Waals surface area contributed by atoms with Crippen LogP contribution < -0.4 is 9.47 Å². The summed E-state index contributed by atoms with van der Waals surface area (Å²) < 4.78 is 10.8. The van der Waals surface area contributed by atoms with Crippen LogP contribution >= 0.6 is 0 Å². The number of rotatable bonds is 7. The van der Waals surface area contributed by atoms with Crippen LogP contribution in [-0.4, -0.2) is 30.7 Å². The molecule has 31 heavy (non-hydrogen) atoms. The second kappa shape index (κ2) is 8.52. The Kier molecular flexibility index (Phi) is 5.62. The van der Waals surface area contributed by atoms with Crippen molar-refractivity contribution < 1.29 is 14.4 Å². The largest absolute Gasteiger partial charge is 0.493 e. The Hall–Kier alpha value is -3.80. The Bertz CT molecular complexity index is 1230. The van der Waals surface area contributed by atoms with E-state index in [0.717, 1.165) is 38.9 Å². The van der Waals surface area contributed by atoms with Crippen molar-refractivity contribution >= 4 is 10.9 Å². The number of nitrogens with one attached hydrogen (secondary N) is 1. The monoisotopic (exact) mass is 416 g/mol. The molecule has 0 radical (unpaired) electrons. The van der Waals surface area contributed by atoms with E-state index in [1.54, 1.807) is 20.3 Å². The van der Waals surface area contributed by atoms with E-state index in [1.807, 2.05) is 67.6 Å². The fourth-order valence-corrected chi connectivity index (χ4v) is 4.06. The molecule has 1 heterocycles. The van der Waals surface area contributed by atoms with Crippen molar-refractivity contribution in [2.75, 3.05) is 20.8 Å². The molecule has 1 atom stereocenters. The number of nitrogens with zero attached hydrogens (tertiary/aromatic N) is 1. The number of aromatic nitrogens is 1. The summed E-state index contributed by atoms with van der Waals surface area (Å²) in [4.78, 5) is 15.0. The van der Waals surface area contributed by atoms with E-state index in [2.05, 4.69) is 4.98 Å². The van der Waals surface area contributed by atoms with Gasteiger partial charge in [0.15, 0.2) is 11.5 Å². The summed E-state index contributed by atoms with van der Waals surface area (Å²) >= 11 is 0. The van der Waals surface area contributed by atoms with E-state index in [4.69, 9.17) is 9.47 Å². The topological polar surface area (TPSA) is 77.4 Å². The number of methoxy groups -OCH3 is 2. The fourth-order valence-electron chi connectivity index (χ4n) is 4.06. The average molecular weight is 416 g/mol. The molecular formula is C25H24N2O4. The van der Waals surface area contributed by atoms with Crippen LogP contribution in [0.5, 0.6) is 11.5 Å². The first-order chi connectivity index (χ1) is 15.0. The Morgan fingerprint density at radius 1 is 0.968 bits per heavy atom. The van der Waals surface area contributed by atoms with Crippen LogP contribution in [0.2, 0.25) is 0 Å². The summed E-state index contributed by atoms with van der Waals surface area (Å²) in [6.45, 7) is 1.80. The SMILES string of the molecule is COc1ccc(C(C[N+](=O)[O-])c2c(-c3ccc(C)cc3)[nH]c3ccccc23)cc1OC. The maximum absolute atomic E-state index is 11.7. The van der Waals surface area contributed by atoms with E-state index in [0.29, 0.717) is 11.5 Å². The number of benzene rings is 3. The number of nitro groups is 1. The van der Waals surface area contributed by atoms with Gasteiger partial charge in [0.05, 0.1) is 25.8 Å². The molecular weight excluding hydrogens is 392 g/mol. The molecule has 3 aromatic carbocycles. The summed E-state index contributed by atoms with van der Waals surface area (Å²) in [5.74, 6) is 0.663. The summed E-state index contributed by atoms with van der Waals surface area (Å²) in [7, 11) is 3.13. The molecule has 0 fully saturated rings. The standard InChI is InChI=1S/C25H24N2O4/c1-16-8-10-17(11-9-16)25-24(19-6-4-5-7-21(19)26-25)20(15-27(28)29)18-12-13-22(30-2)23(14-18)31-3/h4-14,20,26H,15H2,1-3H3. The molecule has 6 heteroatoms. The van der Waals surface area contributed by atoms with Crippen molar-refractivity contribution in [1.29, 1.82) is 0 Å². The first-order valence-electron chi connectivity index (χ1n) is 10.0. The lowest BCUT2D eigenvalue weighted by molar-refractivity contribution is -0.481. The van der Waals surface area contributed by atoms with Crippen molar-refractivity contribution in [1.82, 2.24) is 4.98 Å². The molecule has 1 unspecified atom stereocenters. The third-order valence-corrected chi connectivity index (χ3v) is 5.58. The van der Waals surface area contributed by atoms with Gasteiger partial charge in [0, 0.05) is 15.8 Å². The van der Waals surface area contributed by atoms with Gasteiger partial charge in [-0.15, -0.1) is 0 Å². The highest BCUT2D eigenvalue weighted by Crippen LogP contribution is 2.41. The van der Waals surface area contributed by atoms with Crippen molar-refractivity contribution in [3.63, 3.8) is 0 Å². The maximum Gasteiger partial charge on any atom is 0.214 e. The van der Waals surface area contributed by atoms with Crippen molar-refractivity contribution in [3.8, 4) is 22.8 Å². The number of fused-ring (bicyclic) bond motifs is 1. The van der Waals surface area contributed by atoms with Gasteiger partial charge in [-0.2, -0.15) is 0 Å². The lowest BCUT2D eigenvalue weighted by Gasteiger charge is -2.18. The minimum absolute atomic E-state index is 0.240. The smallest absolute Gasteiger partial charge is 0.214 e. The number of hydrogen-bond acceptors (Lipinski definition) is 4. The van der Waals surface area contributed by atoms with Crippen LogP contribution in [0.25, 0.3) is 22.2 Å². The van der Waals surface area contributed by atoms with Crippen LogP contribution in [0.1, 0.15) is 22.6 Å². The Balaban J connectivity index is 1.97. The van der Waals surface area contributed by atoms with Crippen molar-refractivity contribution in [2.24, 2.45) is 0 Å². The molecule has 4 rings (SSSR count). The number of aryl methyl sites for hydroxylation is 1. The molecule has 0 spiro atoms. The van der Waals surface area contributed by atoms with Gasteiger partial charge in [0.25, 0.3) is 0 Å². The van der Waals surface area contributed by atoms with Gasteiger partial charge >= 0.3 is 0 Å². The van der Waals surface area contributed by atoms with E-state index in [1.165, 1.54) is 0 Å². The van der Waals surface area contributed by atoms with Gasteiger partial charge in [-0.1, -0.05) is 54.1 Å². The first-order valence-corrected chi connectivity index (χ1v) is 10.0. The molecule has 0 aliphatic heterocycles. The van der Waals surface area contributed by atoms with E-state index in [-0.39, 0.29) is 11.5 Å². The van der Waals surface area contributed by atoms with Crippen molar-refractivity contribution in [3.05, 3.63) is 93.5 Å². The molecule has 0 aliphatic carbocycles. The Morgan fingerprint density at radius 2 is 1.68 bits per heavy atom. The summed E-state index contributed by atoms with van der Waals surface area (Å²) in [5, 5.41) is 12.7. The van der Waals surface area contributed by atoms with Gasteiger partial charge in [0.2, 0.25) is 6.54 Å². The van der Waals surface area contributed by atoms with Gasteiger partial charge in [-0.3, -0.25) is 10.1 Å². The molecule has 0 bridgehead atoms. The van der Waals surface area contributed by atoms with Gasteiger partial charge < -0.3 is 14.5 Å². The van der Waals surface area contributed by atoms with Crippen LogP contribution in [0.4, 0.5) is 0 Å². The molecule has 6 nitrogen and oxygen atoms in total. The first kappa shape index (κ1) is 20.5. The number of ether oxygens (including phenoxy) is 2. The maximum atomic E-state index is 11.7. The predicted octanol–water partition coefficient (Wildman–Crippen LogP) is 5.57. The van der Waals surface area contributed by atoms with E-state index >= 15 is 0 Å². The Labute approximate surface area is 180 Å². The zero-order valence-electron chi connectivity index (χ0n) is 17.7. The summed E-state index contributed by atoms with van der Waals surface area (Å²) in [6.07, 6.45) is 0. The lowest BCUT2D eigenvalue weighted by Crippen LogP contribution is -2.15. The molecule has 1 N–H and O–H groups in total. The molecule has 1 aromatic heterocycles. The predicted molar refractivity (Wildman–Crippen MR) is 122 cm³/mol. The van der Waals surface area contributed by atoms with Crippen molar-refractivity contribution in [2.45, 2.75) is 12.8 Å². The number of hydrogen-bond donors (Lipinski definition) is 1. The van der Waals surface area contributed by atoms with Crippen LogP contribution in [0.15, 0.2) is 66.7 Å². The normalized spacial score (nSPS) is 12.0. The third kappa shape index (κ3) is 3.97. The quantitative estimate of drug-likeness (QED) is 0.316. The second-order valence-corrected chi connectivity index (χ2v) is 7.51. The Morgan fingerprint density at radius 3 is 2.35 bits per heavy atom. The second-order valence-electron chi connectivity index (χ2n) is 7.51. The zero-order valence-corrected chi connectivity index (χ0v) is 17.7. The molecule has 0 aliphatic rings. The molecule has 0 amide bonds. The van der Waals surface area contributed by atoms with Crippen LogP contribution in [-0.2, 0) is 0 Å². The zero-order chi connectivity index (χ0) is 22.0. The van der Waals surface area contributed by atoms with E-state index < -0.39 is 5.92 Å². The molecule has 158 valence electrons. The minimum Gasteiger partial charge on any atom is -0.493 e. The summed E-state index contributed by atoms with van der Waals surface area (Å²) in [6, 6.07) is 21.6. The lowest BCUT2D eigenvalue weighted by atomic mass is 9.87. The molecule has 0 saturated carbocycles. The average Bonchev–Trinajstić information content (AvgIpc) is 3.16. The fraction of sp³-hybridized carbons (Fsp3) is 0.200. The van der Waals surface area contributed by atoms with Gasteiger partial charge in [-0.05, 0) is 41.8 Å². The van der Waals surface area contributed by atoms with Gasteiger partial charge in [0.1, 0.15) is 0 Å². The highest BCUT2D eigenvalue weighted by Gasteiger charge is 2.28. The summed E-state index contributed by atoms with van der Waals surface area (Å²) in [5.41, 5.74) is 5.69. The van der Waals surface area contributed by atoms with Gasteiger partial charge in [-0.25, -0.2) is 0 Å². The molecule has 4 aromatic rings. The van der Waals surface area contributed by atoms with E-state index in [9.17, 15) is 10.1 Å². The number of para-hydroxylation sites is 1.